The quantitative estimate of drug-likeness (QED) is 0.737. The molecule has 0 fully saturated rings. The fourth-order valence-electron chi connectivity index (χ4n) is 1.89. The van der Waals surface area contributed by atoms with Gasteiger partial charge in [0.2, 0.25) is 0 Å². The highest BCUT2D eigenvalue weighted by molar-refractivity contribution is 5.81. The number of benzene rings is 1. The largest absolute Gasteiger partial charge is 0.377 e. The summed E-state index contributed by atoms with van der Waals surface area (Å²) in [5, 5.41) is 11.4. The first kappa shape index (κ1) is 10.7. The number of anilines is 1. The van der Waals surface area contributed by atoms with Gasteiger partial charge in [-0.2, -0.15) is 5.10 Å². The first-order chi connectivity index (χ1) is 8.83. The van der Waals surface area contributed by atoms with Crippen LogP contribution in [0, 0.1) is 0 Å². The lowest BCUT2D eigenvalue weighted by Gasteiger charge is -2.14. The Morgan fingerprint density at radius 3 is 3.00 bits per heavy atom. The van der Waals surface area contributed by atoms with Gasteiger partial charge in [-0.15, -0.1) is 0 Å². The molecule has 1 aromatic carbocycles. The molecule has 0 saturated carbocycles. The molecule has 2 N–H and O–H groups in total. The van der Waals surface area contributed by atoms with Crippen LogP contribution in [0.2, 0.25) is 0 Å². The number of hydrogen-bond donors (Lipinski definition) is 2. The van der Waals surface area contributed by atoms with Crippen molar-refractivity contribution in [3.05, 3.63) is 48.7 Å². The monoisotopic (exact) mass is 239 g/mol. The molecule has 18 heavy (non-hydrogen) atoms. The number of fused-ring (bicyclic) bond motifs is 1. The van der Waals surface area contributed by atoms with E-state index in [4.69, 9.17) is 0 Å². The molecule has 3 rings (SSSR count). The second-order valence-electron chi connectivity index (χ2n) is 4.17. The van der Waals surface area contributed by atoms with Crippen LogP contribution in [0.1, 0.15) is 18.7 Å². The summed E-state index contributed by atoms with van der Waals surface area (Å²) in [6, 6.07) is 6.20. The van der Waals surface area contributed by atoms with E-state index in [0.717, 1.165) is 22.3 Å². The predicted octanol–water partition coefficient (Wildman–Crippen LogP) is 2.53. The van der Waals surface area contributed by atoms with Gasteiger partial charge in [0.1, 0.15) is 0 Å². The molecule has 5 heteroatoms. The van der Waals surface area contributed by atoms with Crippen LogP contribution in [0.3, 0.4) is 0 Å². The number of nitrogens with one attached hydrogen (secondary N) is 2. The Bertz CT molecular complexity index is 647. The number of nitrogens with zero attached hydrogens (tertiary/aromatic N) is 3. The molecule has 0 bridgehead atoms. The highest BCUT2D eigenvalue weighted by atomic mass is 15.1. The Kier molecular flexibility index (Phi) is 2.64. The maximum absolute atomic E-state index is 4.28. The summed E-state index contributed by atoms with van der Waals surface area (Å²) in [5.74, 6) is 0. The maximum Gasteiger partial charge on any atom is 0.0806 e. The third-order valence-corrected chi connectivity index (χ3v) is 2.85. The van der Waals surface area contributed by atoms with Crippen molar-refractivity contribution in [2.45, 2.75) is 13.0 Å². The molecular weight excluding hydrogens is 226 g/mol. The van der Waals surface area contributed by atoms with Gasteiger partial charge in [-0.1, -0.05) is 0 Å². The number of aromatic amines is 1. The molecule has 0 saturated heterocycles. The third-order valence-electron chi connectivity index (χ3n) is 2.85. The predicted molar refractivity (Wildman–Crippen MR) is 70.2 cm³/mol. The van der Waals surface area contributed by atoms with E-state index in [0.29, 0.717) is 0 Å². The molecule has 0 amide bonds. The summed E-state index contributed by atoms with van der Waals surface area (Å²) in [6.45, 7) is 2.06. The fraction of sp³-hybridized carbons (Fsp3) is 0.154. The van der Waals surface area contributed by atoms with Crippen molar-refractivity contribution in [3.63, 3.8) is 0 Å². The van der Waals surface area contributed by atoms with Crippen molar-refractivity contribution >= 4 is 16.6 Å². The second-order valence-corrected chi connectivity index (χ2v) is 4.17. The summed E-state index contributed by atoms with van der Waals surface area (Å²) >= 11 is 0. The number of rotatable bonds is 3. The minimum Gasteiger partial charge on any atom is -0.377 e. The molecule has 0 aliphatic heterocycles. The summed E-state index contributed by atoms with van der Waals surface area (Å²) in [4.78, 5) is 8.36. The molecule has 2 aromatic heterocycles. The molecule has 0 spiro atoms. The molecule has 2 heterocycles. The lowest BCUT2D eigenvalue weighted by atomic mass is 10.2. The van der Waals surface area contributed by atoms with Crippen LogP contribution in [-0.2, 0) is 0 Å². The van der Waals surface area contributed by atoms with E-state index < -0.39 is 0 Å². The highest BCUT2D eigenvalue weighted by Gasteiger charge is 2.07. The zero-order valence-electron chi connectivity index (χ0n) is 9.96. The third kappa shape index (κ3) is 2.02. The minimum atomic E-state index is 0.114. The molecule has 5 nitrogen and oxygen atoms in total. The van der Waals surface area contributed by atoms with Gasteiger partial charge in [-0.3, -0.25) is 15.1 Å². The first-order valence-corrected chi connectivity index (χ1v) is 5.78. The van der Waals surface area contributed by atoms with Crippen molar-refractivity contribution in [3.8, 4) is 0 Å². The lowest BCUT2D eigenvalue weighted by Crippen LogP contribution is -2.08. The molecule has 0 radical (unpaired) electrons. The van der Waals surface area contributed by atoms with Crippen molar-refractivity contribution in [1.29, 1.82) is 0 Å². The van der Waals surface area contributed by atoms with Crippen LogP contribution >= 0.6 is 0 Å². The Balaban J connectivity index is 1.83. The van der Waals surface area contributed by atoms with Crippen molar-refractivity contribution in [2.75, 3.05) is 5.32 Å². The van der Waals surface area contributed by atoms with Gasteiger partial charge in [-0.05, 0) is 25.1 Å². The van der Waals surface area contributed by atoms with Crippen molar-refractivity contribution < 1.29 is 0 Å². The van der Waals surface area contributed by atoms with E-state index >= 15 is 0 Å². The Morgan fingerprint density at radius 1 is 1.22 bits per heavy atom. The highest BCUT2D eigenvalue weighted by Crippen LogP contribution is 2.20. The van der Waals surface area contributed by atoms with Crippen LogP contribution < -0.4 is 5.32 Å². The molecule has 0 aliphatic rings. The van der Waals surface area contributed by atoms with Crippen molar-refractivity contribution in [1.82, 2.24) is 20.2 Å². The second kappa shape index (κ2) is 4.44. The van der Waals surface area contributed by atoms with Gasteiger partial charge >= 0.3 is 0 Å². The van der Waals surface area contributed by atoms with E-state index in [1.165, 1.54) is 0 Å². The molecule has 3 aromatic rings. The Morgan fingerprint density at radius 2 is 2.17 bits per heavy atom. The average molecular weight is 239 g/mol. The fourth-order valence-corrected chi connectivity index (χ4v) is 1.89. The van der Waals surface area contributed by atoms with Crippen LogP contribution in [-0.4, -0.2) is 20.2 Å². The van der Waals surface area contributed by atoms with Crippen LogP contribution in [0.15, 0.2) is 43.0 Å². The van der Waals surface area contributed by atoms with Crippen LogP contribution in [0.25, 0.3) is 10.9 Å². The van der Waals surface area contributed by atoms with Gasteiger partial charge in [0, 0.05) is 23.5 Å². The topological polar surface area (TPSA) is 66.5 Å². The SMILES string of the molecule is CC(Nc1ccc2[nH]ncc2c1)c1cnccn1. The van der Waals surface area contributed by atoms with Crippen LogP contribution in [0.5, 0.6) is 0 Å². The molecule has 0 aliphatic carbocycles. The van der Waals surface area contributed by atoms with E-state index in [2.05, 4.69) is 38.5 Å². The Hall–Kier alpha value is -2.43. The van der Waals surface area contributed by atoms with Gasteiger partial charge in [-0.25, -0.2) is 0 Å². The first-order valence-electron chi connectivity index (χ1n) is 5.78. The number of aromatic nitrogens is 4. The zero-order valence-corrected chi connectivity index (χ0v) is 9.96. The molecule has 90 valence electrons. The van der Waals surface area contributed by atoms with Crippen LogP contribution in [0.4, 0.5) is 5.69 Å². The van der Waals surface area contributed by atoms with Gasteiger partial charge < -0.3 is 5.32 Å². The van der Waals surface area contributed by atoms with E-state index in [1.54, 1.807) is 18.6 Å². The maximum atomic E-state index is 4.28. The van der Waals surface area contributed by atoms with E-state index in [-0.39, 0.29) is 6.04 Å². The molecular formula is C13H13N5. The average Bonchev–Trinajstić information content (AvgIpc) is 2.87. The molecule has 1 unspecified atom stereocenters. The number of H-pyrrole nitrogens is 1. The summed E-state index contributed by atoms with van der Waals surface area (Å²) < 4.78 is 0. The standard InChI is InChI=1S/C13H13N5/c1-9(13-8-14-4-5-15-13)17-11-2-3-12-10(6-11)7-16-18-12/h2-9,17H,1H3,(H,16,18). The van der Waals surface area contributed by atoms with Gasteiger partial charge in [0.05, 0.1) is 29.6 Å². The van der Waals surface area contributed by atoms with E-state index in [9.17, 15) is 0 Å². The lowest BCUT2D eigenvalue weighted by molar-refractivity contribution is 0.828. The summed E-state index contributed by atoms with van der Waals surface area (Å²) in [7, 11) is 0. The summed E-state index contributed by atoms with van der Waals surface area (Å²) in [6.07, 6.45) is 6.96. The molecule has 1 atom stereocenters. The normalized spacial score (nSPS) is 12.5. The summed E-state index contributed by atoms with van der Waals surface area (Å²) in [5.41, 5.74) is 3.00. The minimum absolute atomic E-state index is 0.114. The van der Waals surface area contributed by atoms with Crippen molar-refractivity contribution in [2.24, 2.45) is 0 Å². The Labute approximate surface area is 104 Å². The smallest absolute Gasteiger partial charge is 0.0806 e. The number of hydrogen-bond acceptors (Lipinski definition) is 4. The van der Waals surface area contributed by atoms with E-state index in [1.807, 2.05) is 18.3 Å². The van der Waals surface area contributed by atoms with Gasteiger partial charge in [0.25, 0.3) is 0 Å². The zero-order chi connectivity index (χ0) is 12.4. The van der Waals surface area contributed by atoms with Gasteiger partial charge in [0.15, 0.2) is 0 Å².